The molecule has 0 spiro atoms. The predicted octanol–water partition coefficient (Wildman–Crippen LogP) is -4.00. The van der Waals surface area contributed by atoms with Crippen molar-refractivity contribution in [2.45, 2.75) is 37.5 Å². The van der Waals surface area contributed by atoms with E-state index < -0.39 is 11.6 Å². The Morgan fingerprint density at radius 3 is 1.25 bits per heavy atom. The van der Waals surface area contributed by atoms with Crippen LogP contribution in [0.4, 0.5) is 0 Å². The standard InChI is InChI=1S/C8H26N8/c1-5(9)7(11,12)15-3-4-16-8(13,14)6(2)10/h5-6,15-16H,3-4,9-14H2,1-2H3. The first-order chi connectivity index (χ1) is 7.09. The third-order valence-corrected chi connectivity index (χ3v) is 2.49. The Labute approximate surface area is 96.4 Å². The third-order valence-electron chi connectivity index (χ3n) is 2.49. The second kappa shape index (κ2) is 5.84. The Kier molecular flexibility index (Phi) is 5.73. The van der Waals surface area contributed by atoms with Crippen LogP contribution in [0.15, 0.2) is 0 Å². The Balaban J connectivity index is 3.85. The molecule has 0 saturated heterocycles. The molecule has 0 saturated carbocycles. The average molecular weight is 234 g/mol. The van der Waals surface area contributed by atoms with Gasteiger partial charge in [0, 0.05) is 25.2 Å². The summed E-state index contributed by atoms with van der Waals surface area (Å²) in [7, 11) is 0. The Morgan fingerprint density at radius 1 is 0.812 bits per heavy atom. The van der Waals surface area contributed by atoms with Gasteiger partial charge in [0.2, 0.25) is 0 Å². The largest absolute Gasteiger partial charge is 0.324 e. The highest BCUT2D eigenvalue weighted by Crippen LogP contribution is 1.91. The molecule has 0 fully saturated rings. The molecule has 8 heteroatoms. The molecule has 2 atom stereocenters. The van der Waals surface area contributed by atoms with Gasteiger partial charge in [0.05, 0.1) is 0 Å². The zero-order valence-electron chi connectivity index (χ0n) is 10.0. The second-order valence-corrected chi connectivity index (χ2v) is 4.30. The zero-order chi connectivity index (χ0) is 13.0. The van der Waals surface area contributed by atoms with E-state index in [0.717, 1.165) is 0 Å². The average Bonchev–Trinajstić information content (AvgIpc) is 2.12. The fourth-order valence-corrected chi connectivity index (χ4v) is 0.880. The van der Waals surface area contributed by atoms with E-state index in [4.69, 9.17) is 34.4 Å². The van der Waals surface area contributed by atoms with Gasteiger partial charge in [0.15, 0.2) is 0 Å². The maximum Gasteiger partial charge on any atom is 0.133 e. The van der Waals surface area contributed by atoms with Gasteiger partial charge in [-0.1, -0.05) is 0 Å². The van der Waals surface area contributed by atoms with E-state index >= 15 is 0 Å². The first-order valence-electron chi connectivity index (χ1n) is 5.26. The van der Waals surface area contributed by atoms with Crippen LogP contribution >= 0.6 is 0 Å². The van der Waals surface area contributed by atoms with Gasteiger partial charge in [-0.3, -0.25) is 33.6 Å². The molecule has 2 unspecified atom stereocenters. The molecule has 0 aliphatic rings. The molecule has 0 rings (SSSR count). The number of hydrogen-bond donors (Lipinski definition) is 8. The van der Waals surface area contributed by atoms with Gasteiger partial charge in [0.25, 0.3) is 0 Å². The minimum Gasteiger partial charge on any atom is -0.324 e. The van der Waals surface area contributed by atoms with Crippen molar-refractivity contribution in [1.82, 2.24) is 10.6 Å². The fraction of sp³-hybridized carbons (Fsp3) is 1.00. The van der Waals surface area contributed by atoms with Crippen molar-refractivity contribution in [3.63, 3.8) is 0 Å². The first-order valence-corrected chi connectivity index (χ1v) is 5.26. The fourth-order valence-electron chi connectivity index (χ4n) is 0.880. The molecular formula is C8H26N8. The molecule has 0 radical (unpaired) electrons. The number of nitrogens with one attached hydrogen (secondary N) is 2. The molecule has 0 aromatic rings. The molecule has 0 bridgehead atoms. The molecule has 0 aliphatic heterocycles. The summed E-state index contributed by atoms with van der Waals surface area (Å²) in [5, 5.41) is 5.77. The molecule has 0 aromatic carbocycles. The van der Waals surface area contributed by atoms with Gasteiger partial charge in [0.1, 0.15) is 11.6 Å². The van der Waals surface area contributed by atoms with Crippen LogP contribution in [0.5, 0.6) is 0 Å². The summed E-state index contributed by atoms with van der Waals surface area (Å²) in [5.41, 5.74) is 34.0. The van der Waals surface area contributed by atoms with Gasteiger partial charge in [-0.05, 0) is 13.8 Å². The van der Waals surface area contributed by atoms with E-state index in [9.17, 15) is 0 Å². The summed E-state index contributed by atoms with van der Waals surface area (Å²) in [6, 6.07) is -0.747. The molecular weight excluding hydrogens is 208 g/mol. The lowest BCUT2D eigenvalue weighted by Gasteiger charge is -2.32. The van der Waals surface area contributed by atoms with Crippen molar-refractivity contribution in [2.24, 2.45) is 34.4 Å². The van der Waals surface area contributed by atoms with E-state index in [2.05, 4.69) is 10.6 Å². The number of hydrogen-bond acceptors (Lipinski definition) is 8. The number of rotatable bonds is 7. The Morgan fingerprint density at radius 2 is 1.06 bits per heavy atom. The molecule has 16 heavy (non-hydrogen) atoms. The third kappa shape index (κ3) is 5.14. The summed E-state index contributed by atoms with van der Waals surface area (Å²) in [5.74, 6) is -2.22. The lowest BCUT2D eigenvalue weighted by atomic mass is 10.2. The molecule has 0 amide bonds. The summed E-state index contributed by atoms with van der Waals surface area (Å²) in [4.78, 5) is 0. The van der Waals surface area contributed by atoms with Crippen LogP contribution < -0.4 is 45.0 Å². The summed E-state index contributed by atoms with van der Waals surface area (Å²) in [6.07, 6.45) is 0. The normalized spacial score (nSPS) is 17.2. The summed E-state index contributed by atoms with van der Waals surface area (Å²) in [6.45, 7) is 4.41. The van der Waals surface area contributed by atoms with Crippen molar-refractivity contribution in [3.8, 4) is 0 Å². The molecule has 0 heterocycles. The van der Waals surface area contributed by atoms with Crippen LogP contribution in [-0.4, -0.2) is 36.7 Å². The van der Waals surface area contributed by atoms with Gasteiger partial charge >= 0.3 is 0 Å². The molecule has 8 nitrogen and oxygen atoms in total. The summed E-state index contributed by atoms with van der Waals surface area (Å²) < 4.78 is 0. The molecule has 98 valence electrons. The highest BCUT2D eigenvalue weighted by Gasteiger charge is 2.25. The highest BCUT2D eigenvalue weighted by atomic mass is 15.3. The zero-order valence-corrected chi connectivity index (χ0v) is 10.0. The van der Waals surface area contributed by atoms with E-state index in [-0.39, 0.29) is 12.1 Å². The Bertz CT molecular complexity index is 178. The van der Waals surface area contributed by atoms with Gasteiger partial charge in [-0.25, -0.2) is 0 Å². The van der Waals surface area contributed by atoms with E-state index in [1.54, 1.807) is 13.8 Å². The van der Waals surface area contributed by atoms with Crippen LogP contribution in [0.1, 0.15) is 13.8 Å². The SMILES string of the molecule is CC(N)C(N)(N)NCCNC(N)(N)C(C)N. The van der Waals surface area contributed by atoms with E-state index in [1.165, 1.54) is 0 Å². The van der Waals surface area contributed by atoms with Crippen LogP contribution in [0.2, 0.25) is 0 Å². The van der Waals surface area contributed by atoms with Crippen molar-refractivity contribution in [2.75, 3.05) is 13.1 Å². The Hall–Kier alpha value is -0.320. The highest BCUT2D eigenvalue weighted by molar-refractivity contribution is 4.85. The summed E-state index contributed by atoms with van der Waals surface area (Å²) >= 11 is 0. The lowest BCUT2D eigenvalue weighted by Crippen LogP contribution is -2.73. The quantitative estimate of drug-likeness (QED) is 0.162. The van der Waals surface area contributed by atoms with Crippen LogP contribution in [0, 0.1) is 0 Å². The second-order valence-electron chi connectivity index (χ2n) is 4.30. The predicted molar refractivity (Wildman–Crippen MR) is 65.5 cm³/mol. The first kappa shape index (κ1) is 15.7. The topological polar surface area (TPSA) is 180 Å². The maximum atomic E-state index is 5.70. The van der Waals surface area contributed by atoms with E-state index in [1.807, 2.05) is 0 Å². The van der Waals surface area contributed by atoms with Crippen molar-refractivity contribution < 1.29 is 0 Å². The van der Waals surface area contributed by atoms with E-state index in [0.29, 0.717) is 13.1 Å². The molecule has 0 aromatic heterocycles. The van der Waals surface area contributed by atoms with Crippen molar-refractivity contribution in [3.05, 3.63) is 0 Å². The van der Waals surface area contributed by atoms with Crippen molar-refractivity contribution >= 4 is 0 Å². The molecule has 0 aliphatic carbocycles. The molecule has 14 N–H and O–H groups in total. The van der Waals surface area contributed by atoms with Gasteiger partial charge in [-0.15, -0.1) is 0 Å². The van der Waals surface area contributed by atoms with Gasteiger partial charge < -0.3 is 11.5 Å². The monoisotopic (exact) mass is 234 g/mol. The number of nitrogens with two attached hydrogens (primary N) is 6. The van der Waals surface area contributed by atoms with Crippen LogP contribution in [0.25, 0.3) is 0 Å². The minimum atomic E-state index is -1.11. The van der Waals surface area contributed by atoms with Crippen molar-refractivity contribution in [1.29, 1.82) is 0 Å². The minimum absolute atomic E-state index is 0.374. The van der Waals surface area contributed by atoms with Gasteiger partial charge in [-0.2, -0.15) is 0 Å². The van der Waals surface area contributed by atoms with Crippen LogP contribution in [-0.2, 0) is 0 Å². The lowest BCUT2D eigenvalue weighted by molar-refractivity contribution is 0.265. The maximum absolute atomic E-state index is 5.70. The smallest absolute Gasteiger partial charge is 0.133 e. The van der Waals surface area contributed by atoms with Crippen LogP contribution in [0.3, 0.4) is 0 Å².